The summed E-state index contributed by atoms with van der Waals surface area (Å²) >= 11 is 12.7. The summed E-state index contributed by atoms with van der Waals surface area (Å²) in [7, 11) is -1.13. The Bertz CT molecular complexity index is 1190. The fraction of sp³-hybridized carbons (Fsp3) is 0.440. The molecule has 0 fully saturated rings. The molecule has 2 aromatic rings. The van der Waals surface area contributed by atoms with Crippen molar-refractivity contribution in [2.45, 2.75) is 39.3 Å². The quantitative estimate of drug-likeness (QED) is 0.361. The molecule has 0 spiro atoms. The number of anilines is 1. The van der Waals surface area contributed by atoms with E-state index >= 15 is 0 Å². The highest BCUT2D eigenvalue weighted by Crippen LogP contribution is 2.34. The standard InChI is InChI=1S/C25H33Cl2N3O6S/c1-6-7-13-28-25(32)17(2)29(15-19-20(26)9-8-10-21(19)27)24(31)16-30(37(5,33)34)22-14-18(35-3)11-12-23(22)36-4/h8-12,14,17H,6-7,13,15-16H2,1-5H3,(H,28,32)/t17-/m1/s1. The minimum atomic E-state index is -3.96. The fourth-order valence-corrected chi connectivity index (χ4v) is 4.92. The van der Waals surface area contributed by atoms with Gasteiger partial charge in [-0.3, -0.25) is 13.9 Å². The molecular weight excluding hydrogens is 541 g/mol. The molecule has 204 valence electrons. The maximum absolute atomic E-state index is 13.7. The van der Waals surface area contributed by atoms with Gasteiger partial charge in [-0.2, -0.15) is 0 Å². The number of nitrogens with zero attached hydrogens (tertiary/aromatic N) is 2. The van der Waals surface area contributed by atoms with Crippen molar-refractivity contribution in [3.63, 3.8) is 0 Å². The lowest BCUT2D eigenvalue weighted by molar-refractivity contribution is -0.139. The summed E-state index contributed by atoms with van der Waals surface area (Å²) in [5.74, 6) is -0.412. The molecule has 1 atom stereocenters. The molecule has 0 saturated heterocycles. The zero-order valence-electron chi connectivity index (χ0n) is 21.6. The Balaban J connectivity index is 2.50. The highest BCUT2D eigenvalue weighted by atomic mass is 35.5. The lowest BCUT2D eigenvalue weighted by atomic mass is 10.1. The third-order valence-corrected chi connectivity index (χ3v) is 7.56. The van der Waals surface area contributed by atoms with Gasteiger partial charge in [0, 0.05) is 34.8 Å². The van der Waals surface area contributed by atoms with Crippen LogP contribution in [0.3, 0.4) is 0 Å². The van der Waals surface area contributed by atoms with Crippen LogP contribution in [0.5, 0.6) is 11.5 Å². The van der Waals surface area contributed by atoms with E-state index in [1.165, 1.54) is 25.2 Å². The second-order valence-corrected chi connectivity index (χ2v) is 11.1. The molecule has 0 unspecified atom stereocenters. The van der Waals surface area contributed by atoms with Crippen LogP contribution in [-0.2, 0) is 26.2 Å². The predicted molar refractivity (Wildman–Crippen MR) is 146 cm³/mol. The van der Waals surface area contributed by atoms with Gasteiger partial charge >= 0.3 is 0 Å². The minimum absolute atomic E-state index is 0.105. The lowest BCUT2D eigenvalue weighted by Gasteiger charge is -2.32. The summed E-state index contributed by atoms with van der Waals surface area (Å²) in [5.41, 5.74) is 0.561. The largest absolute Gasteiger partial charge is 0.497 e. The number of hydrogen-bond donors (Lipinski definition) is 1. The number of carbonyl (C=O) groups is 2. The predicted octanol–water partition coefficient (Wildman–Crippen LogP) is 4.11. The van der Waals surface area contributed by atoms with Crippen molar-refractivity contribution in [3.8, 4) is 11.5 Å². The fourth-order valence-electron chi connectivity index (χ4n) is 3.56. The molecule has 0 aliphatic heterocycles. The zero-order valence-corrected chi connectivity index (χ0v) is 23.9. The smallest absolute Gasteiger partial charge is 0.244 e. The first-order chi connectivity index (χ1) is 17.4. The van der Waals surface area contributed by atoms with Gasteiger partial charge < -0.3 is 19.7 Å². The van der Waals surface area contributed by atoms with Crippen LogP contribution in [0.25, 0.3) is 0 Å². The van der Waals surface area contributed by atoms with Gasteiger partial charge in [-0.1, -0.05) is 42.6 Å². The molecular formula is C25H33Cl2N3O6S. The number of ether oxygens (including phenoxy) is 2. The van der Waals surface area contributed by atoms with E-state index in [2.05, 4.69) is 5.32 Å². The Morgan fingerprint density at radius 1 is 1.08 bits per heavy atom. The van der Waals surface area contributed by atoms with Crippen molar-refractivity contribution in [1.82, 2.24) is 10.2 Å². The van der Waals surface area contributed by atoms with Gasteiger partial charge in [0.25, 0.3) is 0 Å². The number of unbranched alkanes of at least 4 members (excludes halogenated alkanes) is 1. The molecule has 12 heteroatoms. The minimum Gasteiger partial charge on any atom is -0.497 e. The monoisotopic (exact) mass is 573 g/mol. The second-order valence-electron chi connectivity index (χ2n) is 8.35. The maximum Gasteiger partial charge on any atom is 0.244 e. The first-order valence-electron chi connectivity index (χ1n) is 11.6. The lowest BCUT2D eigenvalue weighted by Crippen LogP contribution is -2.51. The van der Waals surface area contributed by atoms with Crippen molar-refractivity contribution in [2.75, 3.05) is 37.9 Å². The molecule has 37 heavy (non-hydrogen) atoms. The summed E-state index contributed by atoms with van der Waals surface area (Å²) in [6, 6.07) is 8.60. The van der Waals surface area contributed by atoms with E-state index in [-0.39, 0.29) is 23.9 Å². The molecule has 0 aliphatic rings. The first kappa shape index (κ1) is 30.5. The molecule has 0 aromatic heterocycles. The molecule has 2 amide bonds. The number of hydrogen-bond acceptors (Lipinski definition) is 6. The number of halogens is 2. The van der Waals surface area contributed by atoms with Crippen molar-refractivity contribution in [2.24, 2.45) is 0 Å². The summed E-state index contributed by atoms with van der Waals surface area (Å²) in [6.07, 6.45) is 2.65. The van der Waals surface area contributed by atoms with Crippen molar-refractivity contribution in [3.05, 3.63) is 52.0 Å². The zero-order chi connectivity index (χ0) is 27.8. The normalized spacial score (nSPS) is 12.0. The van der Waals surface area contributed by atoms with Gasteiger partial charge in [0.2, 0.25) is 21.8 Å². The van der Waals surface area contributed by atoms with E-state index in [0.29, 0.717) is 27.9 Å². The van der Waals surface area contributed by atoms with Crippen molar-refractivity contribution < 1.29 is 27.5 Å². The summed E-state index contributed by atoms with van der Waals surface area (Å²) < 4.78 is 37.2. The maximum atomic E-state index is 13.7. The van der Waals surface area contributed by atoms with Gasteiger partial charge in [-0.15, -0.1) is 0 Å². The van der Waals surface area contributed by atoms with E-state index in [1.54, 1.807) is 37.3 Å². The molecule has 2 aromatic carbocycles. The van der Waals surface area contributed by atoms with E-state index in [1.807, 2.05) is 6.92 Å². The molecule has 0 radical (unpaired) electrons. The van der Waals surface area contributed by atoms with Gasteiger partial charge in [0.05, 0.1) is 26.2 Å². The Kier molecular flexibility index (Phi) is 11.3. The van der Waals surface area contributed by atoms with Gasteiger partial charge in [0.1, 0.15) is 24.1 Å². The first-order valence-corrected chi connectivity index (χ1v) is 14.2. The van der Waals surface area contributed by atoms with Gasteiger partial charge in [-0.05, 0) is 37.6 Å². The van der Waals surface area contributed by atoms with Gasteiger partial charge in [0.15, 0.2) is 0 Å². The third-order valence-electron chi connectivity index (χ3n) is 5.72. The van der Waals surface area contributed by atoms with Crippen LogP contribution >= 0.6 is 23.2 Å². The number of sulfonamides is 1. The van der Waals surface area contributed by atoms with Crippen LogP contribution in [0.2, 0.25) is 10.0 Å². The van der Waals surface area contributed by atoms with E-state index in [9.17, 15) is 18.0 Å². The van der Waals surface area contributed by atoms with Crippen LogP contribution < -0.4 is 19.1 Å². The molecule has 9 nitrogen and oxygen atoms in total. The number of nitrogens with one attached hydrogen (secondary N) is 1. The topological polar surface area (TPSA) is 105 Å². The number of benzene rings is 2. The van der Waals surface area contributed by atoms with Gasteiger partial charge in [-0.25, -0.2) is 8.42 Å². The summed E-state index contributed by atoms with van der Waals surface area (Å²) in [6.45, 7) is 3.31. The average Bonchev–Trinajstić information content (AvgIpc) is 2.85. The molecule has 0 bridgehead atoms. The Labute approximate surface area is 228 Å². The molecule has 0 heterocycles. The SMILES string of the molecule is CCCCNC(=O)[C@@H](C)N(Cc1c(Cl)cccc1Cl)C(=O)CN(c1cc(OC)ccc1OC)S(C)(=O)=O. The Hall–Kier alpha value is -2.69. The van der Waals surface area contributed by atoms with Crippen LogP contribution in [0.4, 0.5) is 5.69 Å². The number of amides is 2. The molecule has 1 N–H and O–H groups in total. The van der Waals surface area contributed by atoms with Crippen LogP contribution in [0, 0.1) is 0 Å². The Morgan fingerprint density at radius 3 is 2.27 bits per heavy atom. The van der Waals surface area contributed by atoms with Crippen LogP contribution in [0.1, 0.15) is 32.3 Å². The van der Waals surface area contributed by atoms with E-state index in [4.69, 9.17) is 32.7 Å². The van der Waals surface area contributed by atoms with Crippen LogP contribution in [0.15, 0.2) is 36.4 Å². The molecule has 0 aliphatic carbocycles. The molecule has 0 saturated carbocycles. The number of methoxy groups -OCH3 is 2. The van der Waals surface area contributed by atoms with E-state index < -0.39 is 28.5 Å². The van der Waals surface area contributed by atoms with Crippen molar-refractivity contribution in [1.29, 1.82) is 0 Å². The average molecular weight is 575 g/mol. The highest BCUT2D eigenvalue weighted by Gasteiger charge is 2.32. The number of rotatable bonds is 13. The highest BCUT2D eigenvalue weighted by molar-refractivity contribution is 7.92. The Morgan fingerprint density at radius 2 is 1.73 bits per heavy atom. The second kappa shape index (κ2) is 13.7. The summed E-state index contributed by atoms with van der Waals surface area (Å²) in [4.78, 5) is 27.9. The third kappa shape index (κ3) is 8.15. The number of carbonyl (C=O) groups excluding carboxylic acids is 2. The van der Waals surface area contributed by atoms with E-state index in [0.717, 1.165) is 23.4 Å². The molecule has 2 rings (SSSR count). The van der Waals surface area contributed by atoms with Crippen LogP contribution in [-0.4, -0.2) is 64.7 Å². The van der Waals surface area contributed by atoms with Crippen molar-refractivity contribution >= 4 is 50.7 Å². The summed E-state index contributed by atoms with van der Waals surface area (Å²) in [5, 5.41) is 3.45.